The third-order valence-corrected chi connectivity index (χ3v) is 4.73. The fourth-order valence-electron chi connectivity index (χ4n) is 3.09. The molecular formula is C20H30N2O2. The van der Waals surface area contributed by atoms with E-state index >= 15 is 0 Å². The molecule has 1 saturated heterocycles. The Bertz CT molecular complexity index is 579. The van der Waals surface area contributed by atoms with Crippen molar-refractivity contribution < 1.29 is 9.59 Å². The Morgan fingerprint density at radius 2 is 1.67 bits per heavy atom. The van der Waals surface area contributed by atoms with E-state index in [4.69, 9.17) is 0 Å². The highest BCUT2D eigenvalue weighted by molar-refractivity contribution is 5.82. The van der Waals surface area contributed by atoms with Crippen molar-refractivity contribution in [3.63, 3.8) is 0 Å². The van der Waals surface area contributed by atoms with Crippen LogP contribution in [-0.4, -0.2) is 29.8 Å². The summed E-state index contributed by atoms with van der Waals surface area (Å²) in [4.78, 5) is 26.7. The van der Waals surface area contributed by atoms with Crippen LogP contribution >= 0.6 is 0 Å². The van der Waals surface area contributed by atoms with E-state index in [1.165, 1.54) is 5.56 Å². The molecule has 0 bridgehead atoms. The number of benzene rings is 1. The SMILES string of the molecule is Cc1ccc(C(C)NC(=O)C2CCN(C(=O)C(C)(C)C)CC2)cc1. The molecule has 0 radical (unpaired) electrons. The standard InChI is InChI=1S/C20H30N2O2/c1-14-6-8-16(9-7-14)15(2)21-18(23)17-10-12-22(13-11-17)19(24)20(3,4)5/h6-9,15,17H,10-13H2,1-5H3,(H,21,23). The normalized spacial score (nSPS) is 17.5. The fraction of sp³-hybridized carbons (Fsp3) is 0.600. The molecule has 0 spiro atoms. The van der Waals surface area contributed by atoms with E-state index in [1.54, 1.807) is 0 Å². The van der Waals surface area contributed by atoms with Crippen LogP contribution in [0, 0.1) is 18.3 Å². The van der Waals surface area contributed by atoms with E-state index in [2.05, 4.69) is 36.5 Å². The topological polar surface area (TPSA) is 49.4 Å². The summed E-state index contributed by atoms with van der Waals surface area (Å²) >= 11 is 0. The first-order valence-electron chi connectivity index (χ1n) is 8.85. The van der Waals surface area contributed by atoms with Crippen LogP contribution < -0.4 is 5.32 Å². The molecule has 2 amide bonds. The van der Waals surface area contributed by atoms with Crippen LogP contribution in [0.15, 0.2) is 24.3 Å². The highest BCUT2D eigenvalue weighted by atomic mass is 16.2. The van der Waals surface area contributed by atoms with Crippen LogP contribution in [0.5, 0.6) is 0 Å². The van der Waals surface area contributed by atoms with Gasteiger partial charge in [-0.2, -0.15) is 0 Å². The third kappa shape index (κ3) is 4.59. The number of piperidine rings is 1. The predicted molar refractivity (Wildman–Crippen MR) is 96.5 cm³/mol. The van der Waals surface area contributed by atoms with Crippen LogP contribution in [0.1, 0.15) is 57.7 Å². The van der Waals surface area contributed by atoms with Crippen LogP contribution in [0.3, 0.4) is 0 Å². The first-order chi connectivity index (χ1) is 11.2. The molecule has 1 heterocycles. The van der Waals surface area contributed by atoms with E-state index in [-0.39, 0.29) is 29.2 Å². The molecule has 1 unspecified atom stereocenters. The molecule has 4 nitrogen and oxygen atoms in total. The van der Waals surface area contributed by atoms with Gasteiger partial charge in [-0.25, -0.2) is 0 Å². The van der Waals surface area contributed by atoms with Crippen molar-refractivity contribution in [1.82, 2.24) is 10.2 Å². The van der Waals surface area contributed by atoms with Crippen molar-refractivity contribution in [1.29, 1.82) is 0 Å². The Hall–Kier alpha value is -1.84. The largest absolute Gasteiger partial charge is 0.349 e. The van der Waals surface area contributed by atoms with Crippen LogP contribution in [0.4, 0.5) is 0 Å². The van der Waals surface area contributed by atoms with Gasteiger partial charge in [-0.1, -0.05) is 50.6 Å². The monoisotopic (exact) mass is 330 g/mol. The maximum absolute atomic E-state index is 12.5. The van der Waals surface area contributed by atoms with Gasteiger partial charge in [-0.3, -0.25) is 9.59 Å². The molecule has 2 rings (SSSR count). The lowest BCUT2D eigenvalue weighted by molar-refractivity contribution is -0.142. The van der Waals surface area contributed by atoms with Gasteiger partial charge in [0.2, 0.25) is 11.8 Å². The summed E-state index contributed by atoms with van der Waals surface area (Å²) < 4.78 is 0. The number of amides is 2. The molecule has 0 aliphatic carbocycles. The molecule has 0 aromatic heterocycles. The number of rotatable bonds is 3. The van der Waals surface area contributed by atoms with Gasteiger partial charge in [0.15, 0.2) is 0 Å². The lowest BCUT2D eigenvalue weighted by Crippen LogP contribution is -2.46. The first-order valence-corrected chi connectivity index (χ1v) is 8.85. The summed E-state index contributed by atoms with van der Waals surface area (Å²) in [5.74, 6) is 0.280. The molecule has 132 valence electrons. The molecular weight excluding hydrogens is 300 g/mol. The van der Waals surface area contributed by atoms with Gasteiger partial charge >= 0.3 is 0 Å². The van der Waals surface area contributed by atoms with Crippen molar-refractivity contribution in [3.8, 4) is 0 Å². The molecule has 4 heteroatoms. The summed E-state index contributed by atoms with van der Waals surface area (Å²) in [7, 11) is 0. The molecule has 0 saturated carbocycles. The van der Waals surface area contributed by atoms with Crippen LogP contribution in [-0.2, 0) is 9.59 Å². The van der Waals surface area contributed by atoms with Crippen molar-refractivity contribution in [3.05, 3.63) is 35.4 Å². The summed E-state index contributed by atoms with van der Waals surface area (Å²) in [6.45, 7) is 11.2. The minimum Gasteiger partial charge on any atom is -0.349 e. The molecule has 1 aliphatic rings. The first kappa shape index (κ1) is 18.5. The van der Waals surface area contributed by atoms with Crippen molar-refractivity contribution in [2.45, 2.75) is 53.5 Å². The van der Waals surface area contributed by atoms with Crippen LogP contribution in [0.2, 0.25) is 0 Å². The Morgan fingerprint density at radius 1 is 1.12 bits per heavy atom. The summed E-state index contributed by atoms with van der Waals surface area (Å²) in [5.41, 5.74) is 1.98. The number of carbonyl (C=O) groups is 2. The molecule has 1 aliphatic heterocycles. The lowest BCUT2D eigenvalue weighted by Gasteiger charge is -2.35. The van der Waals surface area contributed by atoms with E-state index in [1.807, 2.05) is 32.6 Å². The maximum Gasteiger partial charge on any atom is 0.227 e. The molecule has 1 aromatic carbocycles. The fourth-order valence-corrected chi connectivity index (χ4v) is 3.09. The van der Waals surface area contributed by atoms with Gasteiger partial charge in [0.05, 0.1) is 6.04 Å². The van der Waals surface area contributed by atoms with Gasteiger partial charge in [0.1, 0.15) is 0 Å². The second kappa shape index (κ2) is 7.37. The smallest absolute Gasteiger partial charge is 0.227 e. The van der Waals surface area contributed by atoms with E-state index in [0.717, 1.165) is 18.4 Å². The Morgan fingerprint density at radius 3 is 2.17 bits per heavy atom. The summed E-state index contributed by atoms with van der Waals surface area (Å²) in [6.07, 6.45) is 1.49. The third-order valence-electron chi connectivity index (χ3n) is 4.73. The van der Waals surface area contributed by atoms with Crippen molar-refractivity contribution >= 4 is 11.8 Å². The Labute approximate surface area is 145 Å². The van der Waals surface area contributed by atoms with Crippen LogP contribution in [0.25, 0.3) is 0 Å². The van der Waals surface area contributed by atoms with Gasteiger partial charge < -0.3 is 10.2 Å². The second-order valence-electron chi connectivity index (χ2n) is 7.96. The number of hydrogen-bond donors (Lipinski definition) is 1. The maximum atomic E-state index is 12.5. The quantitative estimate of drug-likeness (QED) is 0.923. The zero-order chi connectivity index (χ0) is 17.9. The van der Waals surface area contributed by atoms with E-state index < -0.39 is 0 Å². The van der Waals surface area contributed by atoms with E-state index in [9.17, 15) is 9.59 Å². The molecule has 1 atom stereocenters. The molecule has 1 aromatic rings. The average molecular weight is 330 g/mol. The minimum absolute atomic E-state index is 0.00177. The Balaban J connectivity index is 1.86. The Kier molecular flexibility index (Phi) is 5.68. The number of carbonyl (C=O) groups excluding carboxylic acids is 2. The zero-order valence-electron chi connectivity index (χ0n) is 15.6. The van der Waals surface area contributed by atoms with Crippen molar-refractivity contribution in [2.24, 2.45) is 11.3 Å². The average Bonchev–Trinajstić information content (AvgIpc) is 2.54. The highest BCUT2D eigenvalue weighted by Crippen LogP contribution is 2.24. The van der Waals surface area contributed by atoms with Gasteiger partial charge in [-0.15, -0.1) is 0 Å². The van der Waals surface area contributed by atoms with Gasteiger partial charge in [0.25, 0.3) is 0 Å². The predicted octanol–water partition coefficient (Wildman–Crippen LogP) is 3.46. The second-order valence-corrected chi connectivity index (χ2v) is 7.96. The van der Waals surface area contributed by atoms with Gasteiger partial charge in [0, 0.05) is 24.4 Å². The molecule has 1 fully saturated rings. The number of likely N-dealkylation sites (tertiary alicyclic amines) is 1. The number of aryl methyl sites for hydroxylation is 1. The number of nitrogens with zero attached hydrogens (tertiary/aromatic N) is 1. The number of nitrogens with one attached hydrogen (secondary N) is 1. The minimum atomic E-state index is -0.352. The zero-order valence-corrected chi connectivity index (χ0v) is 15.6. The van der Waals surface area contributed by atoms with Crippen molar-refractivity contribution in [2.75, 3.05) is 13.1 Å². The van der Waals surface area contributed by atoms with Gasteiger partial charge in [-0.05, 0) is 32.3 Å². The lowest BCUT2D eigenvalue weighted by atomic mass is 9.90. The molecule has 24 heavy (non-hydrogen) atoms. The summed E-state index contributed by atoms with van der Waals surface area (Å²) in [6, 6.07) is 8.26. The highest BCUT2D eigenvalue weighted by Gasteiger charge is 2.32. The number of hydrogen-bond acceptors (Lipinski definition) is 2. The summed E-state index contributed by atoms with van der Waals surface area (Å²) in [5, 5.41) is 3.12. The van der Waals surface area contributed by atoms with E-state index in [0.29, 0.717) is 13.1 Å². The molecule has 1 N–H and O–H groups in total.